The van der Waals surface area contributed by atoms with Gasteiger partial charge in [0.25, 0.3) is 0 Å². The monoisotopic (exact) mass is 276 g/mol. The quantitative estimate of drug-likeness (QED) is 0.540. The Morgan fingerprint density at radius 2 is 1.95 bits per heavy atom. The van der Waals surface area contributed by atoms with Gasteiger partial charge in [-0.25, -0.2) is 9.78 Å². The van der Waals surface area contributed by atoms with Gasteiger partial charge in [-0.05, 0) is 30.7 Å². The highest BCUT2D eigenvalue weighted by Crippen LogP contribution is 2.27. The largest absolute Gasteiger partial charge is 0.423 e. The van der Waals surface area contributed by atoms with Crippen LogP contribution in [0.25, 0.3) is 33.4 Å². The van der Waals surface area contributed by atoms with Gasteiger partial charge in [0.1, 0.15) is 11.4 Å². The zero-order chi connectivity index (χ0) is 14.4. The van der Waals surface area contributed by atoms with E-state index in [4.69, 9.17) is 4.42 Å². The number of para-hydroxylation sites is 2. The third kappa shape index (κ3) is 1.92. The summed E-state index contributed by atoms with van der Waals surface area (Å²) in [6.45, 7) is 1.97. The fourth-order valence-electron chi connectivity index (χ4n) is 2.55. The molecule has 0 atom stereocenters. The number of hydrogen-bond acceptors (Lipinski definition) is 3. The van der Waals surface area contributed by atoms with E-state index < -0.39 is 0 Å². The molecule has 0 aliphatic rings. The Bertz CT molecular complexity index is 995. The Labute approximate surface area is 120 Å². The van der Waals surface area contributed by atoms with E-state index in [0.29, 0.717) is 11.4 Å². The molecular formula is C17H12N2O2. The van der Waals surface area contributed by atoms with Crippen molar-refractivity contribution < 1.29 is 4.42 Å². The van der Waals surface area contributed by atoms with Crippen LogP contribution in [0.2, 0.25) is 0 Å². The molecule has 0 amide bonds. The van der Waals surface area contributed by atoms with Crippen LogP contribution in [0.1, 0.15) is 5.56 Å². The van der Waals surface area contributed by atoms with Crippen LogP contribution in [0.15, 0.2) is 57.7 Å². The van der Waals surface area contributed by atoms with Crippen molar-refractivity contribution in [3.63, 3.8) is 0 Å². The molecule has 0 unspecified atom stereocenters. The van der Waals surface area contributed by atoms with E-state index in [1.807, 2.05) is 49.4 Å². The summed E-state index contributed by atoms with van der Waals surface area (Å²) in [4.78, 5) is 19.6. The van der Waals surface area contributed by atoms with Gasteiger partial charge in [-0.3, -0.25) is 0 Å². The van der Waals surface area contributed by atoms with Crippen LogP contribution in [-0.2, 0) is 0 Å². The summed E-state index contributed by atoms with van der Waals surface area (Å²) in [5, 5.41) is 0.874. The fraction of sp³-hybridized carbons (Fsp3) is 0.0588. The minimum absolute atomic E-state index is 0.372. The first-order chi connectivity index (χ1) is 10.2. The molecule has 0 saturated carbocycles. The van der Waals surface area contributed by atoms with E-state index in [2.05, 4.69) is 9.97 Å². The fourth-order valence-corrected chi connectivity index (χ4v) is 2.55. The van der Waals surface area contributed by atoms with Gasteiger partial charge in [-0.1, -0.05) is 24.3 Å². The number of hydrogen-bond donors (Lipinski definition) is 1. The Kier molecular flexibility index (Phi) is 2.44. The molecule has 21 heavy (non-hydrogen) atoms. The zero-order valence-corrected chi connectivity index (χ0v) is 11.4. The average Bonchev–Trinajstić information content (AvgIpc) is 2.89. The van der Waals surface area contributed by atoms with Crippen LogP contribution in [0.5, 0.6) is 0 Å². The molecule has 0 bridgehead atoms. The summed E-state index contributed by atoms with van der Waals surface area (Å²) >= 11 is 0. The Balaban J connectivity index is 2.07. The number of rotatable bonds is 1. The van der Waals surface area contributed by atoms with Crippen LogP contribution in [0.3, 0.4) is 0 Å². The van der Waals surface area contributed by atoms with E-state index in [-0.39, 0.29) is 5.63 Å². The zero-order valence-electron chi connectivity index (χ0n) is 11.4. The number of aromatic nitrogens is 2. The molecule has 0 saturated heterocycles. The summed E-state index contributed by atoms with van der Waals surface area (Å²) < 4.78 is 5.28. The highest BCUT2D eigenvalue weighted by Gasteiger charge is 2.11. The molecular weight excluding hydrogens is 264 g/mol. The predicted molar refractivity (Wildman–Crippen MR) is 82.3 cm³/mol. The molecule has 102 valence electrons. The third-order valence-corrected chi connectivity index (χ3v) is 3.54. The number of nitrogens with zero attached hydrogens (tertiary/aromatic N) is 1. The van der Waals surface area contributed by atoms with Crippen molar-refractivity contribution in [3.05, 3.63) is 64.5 Å². The summed E-state index contributed by atoms with van der Waals surface area (Å²) in [5.41, 5.74) is 3.84. The van der Waals surface area contributed by atoms with Crippen molar-refractivity contribution in [3.8, 4) is 11.4 Å². The minimum atomic E-state index is -0.372. The SMILES string of the molecule is Cc1ccc2c(-c3nc4ccccc4[nH]3)cc(=O)oc2c1. The van der Waals surface area contributed by atoms with Crippen molar-refractivity contribution >= 4 is 22.0 Å². The second-order valence-corrected chi connectivity index (χ2v) is 5.08. The maximum absolute atomic E-state index is 11.8. The van der Waals surface area contributed by atoms with Gasteiger partial charge in [0.2, 0.25) is 0 Å². The van der Waals surface area contributed by atoms with Gasteiger partial charge in [0.05, 0.1) is 11.0 Å². The normalized spacial score (nSPS) is 11.3. The number of aryl methyl sites for hydroxylation is 1. The third-order valence-electron chi connectivity index (χ3n) is 3.54. The summed E-state index contributed by atoms with van der Waals surface area (Å²) in [6, 6.07) is 15.1. The van der Waals surface area contributed by atoms with Crippen molar-refractivity contribution in [2.24, 2.45) is 0 Å². The van der Waals surface area contributed by atoms with Crippen molar-refractivity contribution in [2.75, 3.05) is 0 Å². The summed E-state index contributed by atoms with van der Waals surface area (Å²) in [7, 11) is 0. The topological polar surface area (TPSA) is 58.9 Å². The standard InChI is InChI=1S/C17H12N2O2/c1-10-6-7-11-12(9-16(20)21-15(11)8-10)17-18-13-4-2-3-5-14(13)19-17/h2-9H,1H3,(H,18,19). The highest BCUT2D eigenvalue weighted by atomic mass is 16.4. The lowest BCUT2D eigenvalue weighted by Crippen LogP contribution is -1.99. The minimum Gasteiger partial charge on any atom is -0.423 e. The van der Waals surface area contributed by atoms with E-state index in [0.717, 1.165) is 27.5 Å². The molecule has 4 nitrogen and oxygen atoms in total. The number of H-pyrrole nitrogens is 1. The van der Waals surface area contributed by atoms with Crippen LogP contribution < -0.4 is 5.63 Å². The summed E-state index contributed by atoms with van der Waals surface area (Å²) in [5.74, 6) is 0.679. The molecule has 2 heterocycles. The van der Waals surface area contributed by atoms with Gasteiger partial charge in [-0.2, -0.15) is 0 Å². The number of benzene rings is 2. The molecule has 2 aromatic carbocycles. The Hall–Kier alpha value is -2.88. The first-order valence-corrected chi connectivity index (χ1v) is 6.70. The molecule has 4 rings (SSSR count). The number of nitrogens with one attached hydrogen (secondary N) is 1. The first kappa shape index (κ1) is 11.9. The molecule has 0 fully saturated rings. The van der Waals surface area contributed by atoms with Gasteiger partial charge in [0, 0.05) is 17.0 Å². The average molecular weight is 276 g/mol. The van der Waals surface area contributed by atoms with Crippen LogP contribution in [0.4, 0.5) is 0 Å². The second-order valence-electron chi connectivity index (χ2n) is 5.08. The highest BCUT2D eigenvalue weighted by molar-refractivity contribution is 5.93. The van der Waals surface area contributed by atoms with Crippen LogP contribution >= 0.6 is 0 Å². The van der Waals surface area contributed by atoms with E-state index in [9.17, 15) is 4.79 Å². The first-order valence-electron chi connectivity index (χ1n) is 6.70. The van der Waals surface area contributed by atoms with Crippen molar-refractivity contribution in [2.45, 2.75) is 6.92 Å². The number of aromatic amines is 1. The van der Waals surface area contributed by atoms with E-state index >= 15 is 0 Å². The Morgan fingerprint density at radius 1 is 1.10 bits per heavy atom. The predicted octanol–water partition coefficient (Wildman–Crippen LogP) is 3.64. The maximum Gasteiger partial charge on any atom is 0.336 e. The second kappa shape index (κ2) is 4.31. The van der Waals surface area contributed by atoms with E-state index in [1.54, 1.807) is 0 Å². The maximum atomic E-state index is 11.8. The van der Waals surface area contributed by atoms with Crippen LogP contribution in [0, 0.1) is 6.92 Å². The lowest BCUT2D eigenvalue weighted by atomic mass is 10.1. The van der Waals surface area contributed by atoms with Gasteiger partial charge < -0.3 is 9.40 Å². The molecule has 0 aliphatic carbocycles. The molecule has 0 aliphatic heterocycles. The van der Waals surface area contributed by atoms with Gasteiger partial charge >= 0.3 is 5.63 Å². The molecule has 1 N–H and O–H groups in total. The van der Waals surface area contributed by atoms with Crippen molar-refractivity contribution in [1.29, 1.82) is 0 Å². The number of imidazole rings is 1. The van der Waals surface area contributed by atoms with Crippen molar-refractivity contribution in [1.82, 2.24) is 9.97 Å². The number of fused-ring (bicyclic) bond motifs is 2. The lowest BCUT2D eigenvalue weighted by molar-refractivity contribution is 0.561. The molecule has 2 aromatic heterocycles. The smallest absolute Gasteiger partial charge is 0.336 e. The van der Waals surface area contributed by atoms with Crippen LogP contribution in [-0.4, -0.2) is 9.97 Å². The lowest BCUT2D eigenvalue weighted by Gasteiger charge is -2.03. The molecule has 0 spiro atoms. The van der Waals surface area contributed by atoms with Gasteiger partial charge in [-0.15, -0.1) is 0 Å². The molecule has 0 radical (unpaired) electrons. The Morgan fingerprint density at radius 3 is 2.81 bits per heavy atom. The molecule has 4 aromatic rings. The van der Waals surface area contributed by atoms with Gasteiger partial charge in [0.15, 0.2) is 0 Å². The summed E-state index contributed by atoms with van der Waals surface area (Å²) in [6.07, 6.45) is 0. The van der Waals surface area contributed by atoms with E-state index in [1.165, 1.54) is 6.07 Å². The molecule has 4 heteroatoms.